The molecule has 2 rings (SSSR count). The average Bonchev–Trinajstić information content (AvgIpc) is 2.37. The molecule has 6 heteroatoms. The van der Waals surface area contributed by atoms with Gasteiger partial charge in [-0.05, 0) is 45.7 Å². The summed E-state index contributed by atoms with van der Waals surface area (Å²) in [5.74, 6) is 0.776. The van der Waals surface area contributed by atoms with E-state index in [1.807, 2.05) is 26.8 Å². The molecule has 0 saturated carbocycles. The van der Waals surface area contributed by atoms with Crippen LogP contribution >= 0.6 is 11.6 Å². The molecule has 5 nitrogen and oxygen atoms in total. The molecule has 0 radical (unpaired) electrons. The van der Waals surface area contributed by atoms with E-state index in [-0.39, 0.29) is 6.09 Å². The van der Waals surface area contributed by atoms with Crippen LogP contribution in [-0.2, 0) is 4.74 Å². The van der Waals surface area contributed by atoms with Gasteiger partial charge in [-0.1, -0.05) is 11.6 Å². The highest BCUT2D eigenvalue weighted by Gasteiger charge is 2.26. The average molecular weight is 312 g/mol. The van der Waals surface area contributed by atoms with Gasteiger partial charge in [0.25, 0.3) is 0 Å². The summed E-state index contributed by atoms with van der Waals surface area (Å²) < 4.78 is 5.38. The van der Waals surface area contributed by atoms with Gasteiger partial charge in [-0.2, -0.15) is 0 Å². The van der Waals surface area contributed by atoms with Gasteiger partial charge in [0.15, 0.2) is 0 Å². The Kier molecular flexibility index (Phi) is 4.93. The zero-order chi connectivity index (χ0) is 15.5. The number of likely N-dealkylation sites (tertiary alicyclic amines) is 1. The SMILES string of the molecule is CC(C)(C)OC(=O)N1CCC(Nc2cc(Cl)ccn2)CC1. The number of nitrogens with one attached hydrogen (secondary N) is 1. The summed E-state index contributed by atoms with van der Waals surface area (Å²) >= 11 is 5.94. The lowest BCUT2D eigenvalue weighted by Gasteiger charge is -2.33. The lowest BCUT2D eigenvalue weighted by Crippen LogP contribution is -2.44. The number of anilines is 1. The van der Waals surface area contributed by atoms with E-state index in [0.717, 1.165) is 18.7 Å². The first kappa shape index (κ1) is 15.9. The van der Waals surface area contributed by atoms with Crippen molar-refractivity contribution in [3.63, 3.8) is 0 Å². The molecule has 0 atom stereocenters. The van der Waals surface area contributed by atoms with Gasteiger partial charge in [0.05, 0.1) is 0 Å². The van der Waals surface area contributed by atoms with Crippen LogP contribution in [0.2, 0.25) is 5.02 Å². The maximum absolute atomic E-state index is 12.0. The van der Waals surface area contributed by atoms with E-state index in [9.17, 15) is 4.79 Å². The number of halogens is 1. The van der Waals surface area contributed by atoms with Crippen molar-refractivity contribution >= 4 is 23.5 Å². The molecule has 21 heavy (non-hydrogen) atoms. The van der Waals surface area contributed by atoms with Crippen LogP contribution in [-0.4, -0.2) is 40.7 Å². The minimum absolute atomic E-state index is 0.234. The number of rotatable bonds is 2. The van der Waals surface area contributed by atoms with Crippen LogP contribution < -0.4 is 5.32 Å². The van der Waals surface area contributed by atoms with Gasteiger partial charge in [0.1, 0.15) is 11.4 Å². The van der Waals surface area contributed by atoms with Crippen molar-refractivity contribution in [2.75, 3.05) is 18.4 Å². The smallest absolute Gasteiger partial charge is 0.410 e. The summed E-state index contributed by atoms with van der Waals surface area (Å²) in [5, 5.41) is 4.02. The maximum atomic E-state index is 12.0. The predicted octanol–water partition coefficient (Wildman–Crippen LogP) is 3.55. The molecule has 1 saturated heterocycles. The molecule has 1 fully saturated rings. The first-order valence-corrected chi connectivity index (χ1v) is 7.57. The van der Waals surface area contributed by atoms with Crippen LogP contribution in [0, 0.1) is 0 Å². The number of pyridine rings is 1. The number of carbonyl (C=O) groups is 1. The van der Waals surface area contributed by atoms with Crippen LogP contribution in [0.4, 0.5) is 10.6 Å². The standard InChI is InChI=1S/C15H22ClN3O2/c1-15(2,3)21-14(20)19-8-5-12(6-9-19)18-13-10-11(16)4-7-17-13/h4,7,10,12H,5-6,8-9H2,1-3H3,(H,17,18). The summed E-state index contributed by atoms with van der Waals surface area (Å²) in [5.41, 5.74) is -0.448. The van der Waals surface area contributed by atoms with Crippen molar-refractivity contribution in [1.82, 2.24) is 9.88 Å². The van der Waals surface area contributed by atoms with Gasteiger partial charge in [-0.25, -0.2) is 9.78 Å². The van der Waals surface area contributed by atoms with E-state index in [4.69, 9.17) is 16.3 Å². The molecule has 0 aliphatic carbocycles. The van der Waals surface area contributed by atoms with E-state index in [0.29, 0.717) is 24.2 Å². The molecule has 1 aromatic rings. The molecule has 0 bridgehead atoms. The van der Waals surface area contributed by atoms with Crippen LogP contribution in [0.25, 0.3) is 0 Å². The highest BCUT2D eigenvalue weighted by atomic mass is 35.5. The Morgan fingerprint density at radius 2 is 2.10 bits per heavy atom. The minimum atomic E-state index is -0.448. The Morgan fingerprint density at radius 1 is 1.43 bits per heavy atom. The van der Waals surface area contributed by atoms with E-state index < -0.39 is 5.60 Å². The second-order valence-electron chi connectivity index (χ2n) is 6.25. The molecule has 0 aromatic carbocycles. The third-order valence-electron chi connectivity index (χ3n) is 3.22. The summed E-state index contributed by atoms with van der Waals surface area (Å²) in [6.07, 6.45) is 3.18. The number of amides is 1. The van der Waals surface area contributed by atoms with Crippen molar-refractivity contribution in [2.24, 2.45) is 0 Å². The Balaban J connectivity index is 1.82. The minimum Gasteiger partial charge on any atom is -0.444 e. The fourth-order valence-corrected chi connectivity index (χ4v) is 2.39. The summed E-state index contributed by atoms with van der Waals surface area (Å²) in [7, 11) is 0. The topological polar surface area (TPSA) is 54.5 Å². The van der Waals surface area contributed by atoms with Crippen molar-refractivity contribution in [1.29, 1.82) is 0 Å². The first-order chi connectivity index (χ1) is 9.83. The van der Waals surface area contributed by atoms with Gasteiger partial charge < -0.3 is 15.0 Å². The predicted molar refractivity (Wildman–Crippen MR) is 83.7 cm³/mol. The molecular formula is C15H22ClN3O2. The fourth-order valence-electron chi connectivity index (χ4n) is 2.23. The summed E-state index contributed by atoms with van der Waals surface area (Å²) in [6, 6.07) is 3.86. The molecule has 1 N–H and O–H groups in total. The molecule has 1 aromatic heterocycles. The third kappa shape index (κ3) is 5.08. The summed E-state index contributed by atoms with van der Waals surface area (Å²) in [6.45, 7) is 7.01. The number of hydrogen-bond donors (Lipinski definition) is 1. The van der Waals surface area contributed by atoms with Crippen LogP contribution in [0.1, 0.15) is 33.6 Å². The molecule has 2 heterocycles. The largest absolute Gasteiger partial charge is 0.444 e. The Bertz CT molecular complexity index is 494. The number of nitrogens with zero attached hydrogens (tertiary/aromatic N) is 2. The fraction of sp³-hybridized carbons (Fsp3) is 0.600. The highest BCUT2D eigenvalue weighted by molar-refractivity contribution is 6.30. The number of piperidine rings is 1. The van der Waals surface area contributed by atoms with Crippen LogP contribution in [0.15, 0.2) is 18.3 Å². The first-order valence-electron chi connectivity index (χ1n) is 7.19. The molecule has 1 aliphatic heterocycles. The molecule has 1 amide bonds. The van der Waals surface area contributed by atoms with Gasteiger partial charge in [-0.3, -0.25) is 0 Å². The van der Waals surface area contributed by atoms with E-state index in [2.05, 4.69) is 10.3 Å². The Labute approximate surface area is 130 Å². The normalized spacial score (nSPS) is 16.7. The third-order valence-corrected chi connectivity index (χ3v) is 3.46. The summed E-state index contributed by atoms with van der Waals surface area (Å²) in [4.78, 5) is 18.0. The Morgan fingerprint density at radius 3 is 2.67 bits per heavy atom. The van der Waals surface area contributed by atoms with Crippen molar-refractivity contribution in [3.05, 3.63) is 23.4 Å². The lowest BCUT2D eigenvalue weighted by molar-refractivity contribution is 0.0210. The zero-order valence-corrected chi connectivity index (χ0v) is 13.5. The molecule has 1 aliphatic rings. The van der Waals surface area contributed by atoms with E-state index >= 15 is 0 Å². The van der Waals surface area contributed by atoms with Crippen LogP contribution in [0.3, 0.4) is 0 Å². The number of aromatic nitrogens is 1. The molecule has 116 valence electrons. The zero-order valence-electron chi connectivity index (χ0n) is 12.7. The maximum Gasteiger partial charge on any atom is 0.410 e. The van der Waals surface area contributed by atoms with Gasteiger partial charge in [-0.15, -0.1) is 0 Å². The van der Waals surface area contributed by atoms with Gasteiger partial charge in [0.2, 0.25) is 0 Å². The highest BCUT2D eigenvalue weighted by Crippen LogP contribution is 2.19. The molecule has 0 unspecified atom stereocenters. The van der Waals surface area contributed by atoms with E-state index in [1.54, 1.807) is 17.2 Å². The van der Waals surface area contributed by atoms with Gasteiger partial charge in [0, 0.05) is 30.4 Å². The molecular weight excluding hydrogens is 290 g/mol. The number of ether oxygens (including phenoxy) is 1. The molecule has 0 spiro atoms. The van der Waals surface area contributed by atoms with Crippen LogP contribution in [0.5, 0.6) is 0 Å². The second-order valence-corrected chi connectivity index (χ2v) is 6.68. The monoisotopic (exact) mass is 311 g/mol. The van der Waals surface area contributed by atoms with Crippen molar-refractivity contribution in [3.8, 4) is 0 Å². The second kappa shape index (κ2) is 6.52. The van der Waals surface area contributed by atoms with E-state index in [1.165, 1.54) is 0 Å². The quantitative estimate of drug-likeness (QED) is 0.907. The Hall–Kier alpha value is -1.49. The number of hydrogen-bond acceptors (Lipinski definition) is 4. The van der Waals surface area contributed by atoms with Crippen molar-refractivity contribution in [2.45, 2.75) is 45.3 Å². The number of carbonyl (C=O) groups excluding carboxylic acids is 1. The van der Waals surface area contributed by atoms with Gasteiger partial charge >= 0.3 is 6.09 Å². The lowest BCUT2D eigenvalue weighted by atomic mass is 10.1. The van der Waals surface area contributed by atoms with Crippen molar-refractivity contribution < 1.29 is 9.53 Å².